The molecule has 4 atom stereocenters. The van der Waals surface area contributed by atoms with Gasteiger partial charge in [-0.1, -0.05) is 24.3 Å². The van der Waals surface area contributed by atoms with E-state index in [1.54, 1.807) is 18.2 Å². The third kappa shape index (κ3) is 3.93. The number of hydrogen-bond donors (Lipinski definition) is 3. The number of pyridine rings is 1. The van der Waals surface area contributed by atoms with Crippen LogP contribution < -0.4 is 0 Å². The lowest BCUT2D eigenvalue weighted by molar-refractivity contribution is -0.179. The molecule has 3 N–H and O–H groups in total. The van der Waals surface area contributed by atoms with Crippen molar-refractivity contribution in [2.45, 2.75) is 30.8 Å². The second kappa shape index (κ2) is 8.49. The summed E-state index contributed by atoms with van der Waals surface area (Å²) < 4.78 is 10.5. The molecule has 0 spiro atoms. The second-order valence-electron chi connectivity index (χ2n) is 7.38. The van der Waals surface area contributed by atoms with Gasteiger partial charge < -0.3 is 24.8 Å². The van der Waals surface area contributed by atoms with Crippen LogP contribution in [-0.4, -0.2) is 58.3 Å². The highest BCUT2D eigenvalue weighted by Crippen LogP contribution is 2.34. The molecule has 1 aliphatic rings. The Hall–Kier alpha value is -2.84. The molecule has 0 bridgehead atoms. The Kier molecular flexibility index (Phi) is 5.78. The number of rotatable bonds is 4. The van der Waals surface area contributed by atoms with Crippen molar-refractivity contribution < 1.29 is 29.6 Å². The molecule has 156 valence electrons. The summed E-state index contributed by atoms with van der Waals surface area (Å²) in [4.78, 5) is 16.4. The maximum absolute atomic E-state index is 11.7. The fourth-order valence-corrected chi connectivity index (χ4v) is 3.75. The lowest BCUT2D eigenvalue weighted by atomic mass is 9.92. The first-order valence-electron chi connectivity index (χ1n) is 9.72. The molecule has 0 unspecified atom stereocenters. The first-order chi connectivity index (χ1) is 14.5. The van der Waals surface area contributed by atoms with Gasteiger partial charge >= 0.3 is 5.97 Å². The van der Waals surface area contributed by atoms with E-state index in [-0.39, 0.29) is 13.0 Å². The van der Waals surface area contributed by atoms with Crippen LogP contribution in [0.15, 0.2) is 54.6 Å². The van der Waals surface area contributed by atoms with Gasteiger partial charge in [-0.15, -0.1) is 0 Å². The van der Waals surface area contributed by atoms with Gasteiger partial charge in [0, 0.05) is 17.4 Å². The number of hydrogen-bond acceptors (Lipinski definition) is 7. The zero-order valence-corrected chi connectivity index (χ0v) is 16.4. The summed E-state index contributed by atoms with van der Waals surface area (Å²) in [6.45, 7) is -0.222. The van der Waals surface area contributed by atoms with Gasteiger partial charge in [0.15, 0.2) is 0 Å². The lowest BCUT2D eigenvalue weighted by Gasteiger charge is -2.36. The smallest absolute Gasteiger partial charge is 0.337 e. The number of methoxy groups -OCH3 is 1. The molecular formula is C23H23NO6. The van der Waals surface area contributed by atoms with Gasteiger partial charge in [0.1, 0.15) is 12.2 Å². The fourth-order valence-electron chi connectivity index (χ4n) is 3.75. The van der Waals surface area contributed by atoms with Gasteiger partial charge in [0.05, 0.1) is 42.7 Å². The van der Waals surface area contributed by atoms with Crippen LogP contribution >= 0.6 is 0 Å². The summed E-state index contributed by atoms with van der Waals surface area (Å²) in [6.07, 6.45) is -3.13. The van der Waals surface area contributed by atoms with Gasteiger partial charge in [-0.2, -0.15) is 0 Å². The van der Waals surface area contributed by atoms with Gasteiger partial charge in [-0.3, -0.25) is 0 Å². The molecule has 0 aliphatic carbocycles. The molecule has 7 nitrogen and oxygen atoms in total. The molecule has 0 radical (unpaired) electrons. The Morgan fingerprint density at radius 2 is 2.00 bits per heavy atom. The Balaban J connectivity index is 1.66. The highest BCUT2D eigenvalue weighted by atomic mass is 16.5. The minimum Gasteiger partial charge on any atom is -0.465 e. The predicted molar refractivity (Wildman–Crippen MR) is 110 cm³/mol. The van der Waals surface area contributed by atoms with Gasteiger partial charge in [0.2, 0.25) is 0 Å². The van der Waals surface area contributed by atoms with Crippen LogP contribution in [0.25, 0.3) is 22.2 Å². The number of esters is 1. The average Bonchev–Trinajstić information content (AvgIpc) is 2.79. The van der Waals surface area contributed by atoms with Crippen LogP contribution in [0.2, 0.25) is 0 Å². The molecule has 1 fully saturated rings. The molecule has 1 saturated heterocycles. The number of aliphatic hydroxyl groups is 3. The molecule has 0 saturated carbocycles. The number of benzene rings is 2. The van der Waals surface area contributed by atoms with Crippen molar-refractivity contribution in [3.63, 3.8) is 0 Å². The van der Waals surface area contributed by atoms with Crippen LogP contribution in [0.3, 0.4) is 0 Å². The number of nitrogens with zero attached hydrogens (tertiary/aromatic N) is 1. The largest absolute Gasteiger partial charge is 0.465 e. The first-order valence-corrected chi connectivity index (χ1v) is 9.72. The van der Waals surface area contributed by atoms with Gasteiger partial charge in [-0.25, -0.2) is 9.78 Å². The number of carbonyl (C=O) groups excluding carboxylic acids is 1. The van der Waals surface area contributed by atoms with Crippen LogP contribution in [0.1, 0.15) is 28.4 Å². The van der Waals surface area contributed by atoms with E-state index in [1.807, 2.05) is 36.4 Å². The standard InChI is InChI=1S/C23H23NO6/c1-29-23(28)16-6-8-19-14(10-16)5-7-18(24-19)13-3-2-4-15(9-13)22-21(27)20(26)11-17(12-25)30-22/h2-10,17,20-22,25-27H,11-12H2,1H3/t17-,20-,21-,22+/m0/s1. The van der Waals surface area contributed by atoms with E-state index in [0.717, 1.165) is 22.2 Å². The minimum atomic E-state index is -1.08. The molecule has 2 heterocycles. The molecule has 30 heavy (non-hydrogen) atoms. The van der Waals surface area contributed by atoms with Crippen molar-refractivity contribution in [2.75, 3.05) is 13.7 Å². The predicted octanol–water partition coefficient (Wildman–Crippen LogP) is 2.23. The highest BCUT2D eigenvalue weighted by Gasteiger charge is 2.37. The minimum absolute atomic E-state index is 0.188. The zero-order chi connectivity index (χ0) is 21.3. The molecule has 1 aromatic heterocycles. The summed E-state index contributed by atoms with van der Waals surface area (Å²) in [6, 6.07) is 16.3. The van der Waals surface area contributed by atoms with E-state index in [4.69, 9.17) is 9.47 Å². The normalized spacial score (nSPS) is 24.0. The maximum Gasteiger partial charge on any atom is 0.337 e. The summed E-state index contributed by atoms with van der Waals surface area (Å²) in [7, 11) is 1.34. The van der Waals surface area contributed by atoms with Crippen molar-refractivity contribution in [3.8, 4) is 11.3 Å². The third-order valence-corrected chi connectivity index (χ3v) is 5.37. The molecule has 4 rings (SSSR count). The van der Waals surface area contributed by atoms with Crippen molar-refractivity contribution in [3.05, 3.63) is 65.7 Å². The lowest BCUT2D eigenvalue weighted by Crippen LogP contribution is -2.44. The SMILES string of the molecule is COC(=O)c1ccc2nc(-c3cccc([C@H]4O[C@H](CO)C[C@H](O)[C@@H]4O)c3)ccc2c1. The van der Waals surface area contributed by atoms with Crippen LogP contribution in [-0.2, 0) is 9.47 Å². The zero-order valence-electron chi connectivity index (χ0n) is 16.4. The number of fused-ring (bicyclic) bond motifs is 1. The summed E-state index contributed by atoms with van der Waals surface area (Å²) in [5, 5.41) is 30.7. The maximum atomic E-state index is 11.7. The molecule has 3 aromatic rings. The van der Waals surface area contributed by atoms with E-state index >= 15 is 0 Å². The topological polar surface area (TPSA) is 109 Å². The Morgan fingerprint density at radius 1 is 1.17 bits per heavy atom. The van der Waals surface area contributed by atoms with E-state index in [9.17, 15) is 20.1 Å². The van der Waals surface area contributed by atoms with Crippen LogP contribution in [0, 0.1) is 0 Å². The number of aromatic nitrogens is 1. The van der Waals surface area contributed by atoms with E-state index < -0.39 is 30.4 Å². The molecule has 2 aromatic carbocycles. The summed E-state index contributed by atoms with van der Waals surface area (Å²) in [5.74, 6) is -0.400. The molecule has 7 heteroatoms. The molecule has 0 amide bonds. The molecular weight excluding hydrogens is 386 g/mol. The second-order valence-corrected chi connectivity index (χ2v) is 7.38. The number of carbonyl (C=O) groups is 1. The van der Waals surface area contributed by atoms with E-state index in [2.05, 4.69) is 4.98 Å². The fraction of sp³-hybridized carbons (Fsp3) is 0.304. The Bertz CT molecular complexity index is 1070. The van der Waals surface area contributed by atoms with Gasteiger partial charge in [-0.05, 0) is 35.9 Å². The summed E-state index contributed by atoms with van der Waals surface area (Å²) in [5.41, 5.74) is 3.43. The van der Waals surface area contributed by atoms with Crippen LogP contribution in [0.4, 0.5) is 0 Å². The number of ether oxygens (including phenoxy) is 2. The molecule has 1 aliphatic heterocycles. The first kappa shape index (κ1) is 20.4. The van der Waals surface area contributed by atoms with E-state index in [0.29, 0.717) is 11.1 Å². The number of aliphatic hydroxyl groups excluding tert-OH is 3. The van der Waals surface area contributed by atoms with E-state index in [1.165, 1.54) is 7.11 Å². The highest BCUT2D eigenvalue weighted by molar-refractivity contribution is 5.94. The Labute approximate surface area is 173 Å². The summed E-state index contributed by atoms with van der Waals surface area (Å²) >= 11 is 0. The average molecular weight is 409 g/mol. The van der Waals surface area contributed by atoms with Crippen molar-refractivity contribution in [1.82, 2.24) is 4.98 Å². The van der Waals surface area contributed by atoms with Crippen molar-refractivity contribution in [1.29, 1.82) is 0 Å². The van der Waals surface area contributed by atoms with Crippen LogP contribution in [0.5, 0.6) is 0 Å². The van der Waals surface area contributed by atoms with Gasteiger partial charge in [0.25, 0.3) is 0 Å². The van der Waals surface area contributed by atoms with Crippen molar-refractivity contribution in [2.24, 2.45) is 0 Å². The Morgan fingerprint density at radius 3 is 2.77 bits per heavy atom. The monoisotopic (exact) mass is 409 g/mol. The van der Waals surface area contributed by atoms with Crippen molar-refractivity contribution >= 4 is 16.9 Å². The third-order valence-electron chi connectivity index (χ3n) is 5.37. The quantitative estimate of drug-likeness (QED) is 0.567.